The lowest BCUT2D eigenvalue weighted by atomic mass is 10.0. The van der Waals surface area contributed by atoms with Crippen molar-refractivity contribution in [3.05, 3.63) is 23.0 Å². The monoisotopic (exact) mass is 241 g/mol. The van der Waals surface area contributed by atoms with Gasteiger partial charge in [-0.15, -0.1) is 0 Å². The molecule has 88 valence electrons. The topological polar surface area (TPSA) is 68.0 Å². The zero-order valence-corrected chi connectivity index (χ0v) is 10.4. The van der Waals surface area contributed by atoms with Crippen LogP contribution in [0.1, 0.15) is 25.8 Å². The molecule has 1 rings (SSSR count). The average Bonchev–Trinajstić information content (AvgIpc) is 2.08. The minimum absolute atomic E-state index is 0.165. The molecule has 0 aliphatic heterocycles. The predicted octanol–water partition coefficient (Wildman–Crippen LogP) is 2.11. The van der Waals surface area contributed by atoms with E-state index < -0.39 is 5.54 Å². The van der Waals surface area contributed by atoms with Crippen molar-refractivity contribution in [3.63, 3.8) is 0 Å². The zero-order valence-electron chi connectivity index (χ0n) is 9.67. The van der Waals surface area contributed by atoms with Gasteiger partial charge >= 0.3 is 0 Å². The quantitative estimate of drug-likeness (QED) is 0.797. The maximum atomic E-state index is 11.6. The van der Waals surface area contributed by atoms with Gasteiger partial charge in [0.05, 0.1) is 5.69 Å². The lowest BCUT2D eigenvalue weighted by molar-refractivity contribution is -0.117. The number of nitrogens with one attached hydrogen (secondary N) is 1. The van der Waals surface area contributed by atoms with Gasteiger partial charge in [-0.2, -0.15) is 0 Å². The Morgan fingerprint density at radius 2 is 2.25 bits per heavy atom. The summed E-state index contributed by atoms with van der Waals surface area (Å²) >= 11 is 5.85. The first-order valence-electron chi connectivity index (χ1n) is 4.99. The molecule has 0 aliphatic rings. The molecular formula is C11H16ClN3O. The summed E-state index contributed by atoms with van der Waals surface area (Å²) in [6, 6.07) is 1.77. The maximum Gasteiger partial charge on any atom is 0.226 e. The summed E-state index contributed by atoms with van der Waals surface area (Å²) in [6.45, 7) is 5.47. The van der Waals surface area contributed by atoms with Gasteiger partial charge in [0, 0.05) is 18.2 Å². The van der Waals surface area contributed by atoms with E-state index >= 15 is 0 Å². The third-order valence-corrected chi connectivity index (χ3v) is 2.17. The molecular weight excluding hydrogens is 226 g/mol. The highest BCUT2D eigenvalue weighted by molar-refractivity contribution is 6.32. The van der Waals surface area contributed by atoms with Crippen LogP contribution in [0.25, 0.3) is 0 Å². The molecule has 0 unspecified atom stereocenters. The SMILES string of the molecule is Cc1cnc(Cl)c(NC(=O)CC(C)(C)N)c1. The molecule has 3 N–H and O–H groups in total. The van der Waals surface area contributed by atoms with Crippen LogP contribution in [0, 0.1) is 6.92 Å². The van der Waals surface area contributed by atoms with Crippen molar-refractivity contribution in [1.82, 2.24) is 4.98 Å². The normalized spacial score (nSPS) is 11.3. The summed E-state index contributed by atoms with van der Waals surface area (Å²) in [7, 11) is 0. The first-order chi connectivity index (χ1) is 7.28. The summed E-state index contributed by atoms with van der Waals surface area (Å²) in [5.41, 5.74) is 6.68. The Bertz CT molecular complexity index is 399. The highest BCUT2D eigenvalue weighted by Crippen LogP contribution is 2.20. The third kappa shape index (κ3) is 4.16. The molecule has 0 atom stereocenters. The molecule has 5 heteroatoms. The summed E-state index contributed by atoms with van der Waals surface area (Å²) in [4.78, 5) is 15.6. The molecule has 0 saturated carbocycles. The van der Waals surface area contributed by atoms with E-state index in [1.54, 1.807) is 26.1 Å². The second-order valence-electron chi connectivity index (χ2n) is 4.56. The van der Waals surface area contributed by atoms with Gasteiger partial charge in [-0.05, 0) is 32.4 Å². The number of halogens is 1. The smallest absolute Gasteiger partial charge is 0.226 e. The number of nitrogens with two attached hydrogens (primary N) is 1. The number of aromatic nitrogens is 1. The van der Waals surface area contributed by atoms with Crippen molar-refractivity contribution in [2.75, 3.05) is 5.32 Å². The van der Waals surface area contributed by atoms with Gasteiger partial charge in [0.2, 0.25) is 5.91 Å². The number of carbonyl (C=O) groups is 1. The van der Waals surface area contributed by atoms with Crippen molar-refractivity contribution >= 4 is 23.2 Å². The molecule has 0 bridgehead atoms. The Morgan fingerprint density at radius 3 is 2.81 bits per heavy atom. The van der Waals surface area contributed by atoms with Crippen molar-refractivity contribution in [3.8, 4) is 0 Å². The van der Waals surface area contributed by atoms with Crippen LogP contribution in [-0.2, 0) is 4.79 Å². The van der Waals surface area contributed by atoms with E-state index in [9.17, 15) is 4.79 Å². The highest BCUT2D eigenvalue weighted by Gasteiger charge is 2.17. The van der Waals surface area contributed by atoms with Crippen molar-refractivity contribution in [1.29, 1.82) is 0 Å². The number of carbonyl (C=O) groups excluding carboxylic acids is 1. The molecule has 0 spiro atoms. The molecule has 1 heterocycles. The Hall–Kier alpha value is -1.13. The van der Waals surface area contributed by atoms with E-state index in [-0.39, 0.29) is 17.5 Å². The second kappa shape index (κ2) is 4.80. The van der Waals surface area contributed by atoms with Gasteiger partial charge in [-0.3, -0.25) is 4.79 Å². The van der Waals surface area contributed by atoms with Crippen LogP contribution >= 0.6 is 11.6 Å². The number of hydrogen-bond acceptors (Lipinski definition) is 3. The third-order valence-electron chi connectivity index (χ3n) is 1.87. The highest BCUT2D eigenvalue weighted by atomic mass is 35.5. The van der Waals surface area contributed by atoms with Gasteiger partial charge in [0.15, 0.2) is 5.15 Å². The van der Waals surface area contributed by atoms with Gasteiger partial charge in [-0.25, -0.2) is 4.98 Å². The van der Waals surface area contributed by atoms with E-state index in [1.165, 1.54) is 0 Å². The minimum atomic E-state index is -0.534. The summed E-state index contributed by atoms with van der Waals surface area (Å²) in [6.07, 6.45) is 1.88. The number of anilines is 1. The molecule has 0 saturated heterocycles. The van der Waals surface area contributed by atoms with E-state index in [1.807, 2.05) is 6.92 Å². The zero-order chi connectivity index (χ0) is 12.3. The number of nitrogens with zero attached hydrogens (tertiary/aromatic N) is 1. The van der Waals surface area contributed by atoms with Crippen LogP contribution in [0.4, 0.5) is 5.69 Å². The summed E-state index contributed by atoms with van der Waals surface area (Å²) < 4.78 is 0. The fourth-order valence-corrected chi connectivity index (χ4v) is 1.40. The first kappa shape index (κ1) is 12.9. The van der Waals surface area contributed by atoms with Crippen LogP contribution in [0.15, 0.2) is 12.3 Å². The molecule has 4 nitrogen and oxygen atoms in total. The largest absolute Gasteiger partial charge is 0.325 e. The Balaban J connectivity index is 2.73. The lowest BCUT2D eigenvalue weighted by Gasteiger charge is -2.17. The van der Waals surface area contributed by atoms with Crippen LogP contribution < -0.4 is 11.1 Å². The maximum absolute atomic E-state index is 11.6. The summed E-state index contributed by atoms with van der Waals surface area (Å²) in [5.74, 6) is -0.165. The molecule has 0 fully saturated rings. The fourth-order valence-electron chi connectivity index (χ4n) is 1.25. The van der Waals surface area contributed by atoms with Crippen LogP contribution in [-0.4, -0.2) is 16.4 Å². The second-order valence-corrected chi connectivity index (χ2v) is 4.92. The average molecular weight is 242 g/mol. The Kier molecular flexibility index (Phi) is 3.88. The molecule has 0 aliphatic carbocycles. The van der Waals surface area contributed by atoms with E-state index in [0.717, 1.165) is 5.56 Å². The van der Waals surface area contributed by atoms with Crippen LogP contribution in [0.3, 0.4) is 0 Å². The number of pyridine rings is 1. The van der Waals surface area contributed by atoms with Crippen LogP contribution in [0.5, 0.6) is 0 Å². The number of aryl methyl sites for hydroxylation is 1. The van der Waals surface area contributed by atoms with E-state index in [0.29, 0.717) is 5.69 Å². The fraction of sp³-hybridized carbons (Fsp3) is 0.455. The Labute approximate surface area is 100 Å². The summed E-state index contributed by atoms with van der Waals surface area (Å²) in [5, 5.41) is 2.98. The standard InChI is InChI=1S/C11H16ClN3O/c1-7-4-8(10(12)14-6-7)15-9(16)5-11(2,3)13/h4,6H,5,13H2,1-3H3,(H,15,16). The van der Waals surface area contributed by atoms with Crippen LogP contribution in [0.2, 0.25) is 5.15 Å². The van der Waals surface area contributed by atoms with Crippen molar-refractivity contribution in [2.45, 2.75) is 32.7 Å². The molecule has 1 aromatic rings. The van der Waals surface area contributed by atoms with Gasteiger partial charge in [-0.1, -0.05) is 11.6 Å². The van der Waals surface area contributed by atoms with Crippen molar-refractivity contribution in [2.24, 2.45) is 5.73 Å². The lowest BCUT2D eigenvalue weighted by Crippen LogP contribution is -2.36. The van der Waals surface area contributed by atoms with Gasteiger partial charge in [0.25, 0.3) is 0 Å². The van der Waals surface area contributed by atoms with Crippen molar-refractivity contribution < 1.29 is 4.79 Å². The number of hydrogen-bond donors (Lipinski definition) is 2. The van der Waals surface area contributed by atoms with Gasteiger partial charge in [0.1, 0.15) is 0 Å². The van der Waals surface area contributed by atoms with E-state index in [4.69, 9.17) is 17.3 Å². The molecule has 1 amide bonds. The Morgan fingerprint density at radius 1 is 1.62 bits per heavy atom. The predicted molar refractivity (Wildman–Crippen MR) is 65.5 cm³/mol. The van der Waals surface area contributed by atoms with Gasteiger partial charge < -0.3 is 11.1 Å². The molecule has 0 aromatic carbocycles. The van der Waals surface area contributed by atoms with E-state index in [2.05, 4.69) is 10.3 Å². The molecule has 0 radical (unpaired) electrons. The first-order valence-corrected chi connectivity index (χ1v) is 5.36. The molecule has 16 heavy (non-hydrogen) atoms. The number of rotatable bonds is 3. The minimum Gasteiger partial charge on any atom is -0.325 e. The number of amides is 1. The molecule has 1 aromatic heterocycles.